The molecular formula is C20H12N4O4. The van der Waals surface area contributed by atoms with Crippen LogP contribution in [0.15, 0.2) is 58.5 Å². The van der Waals surface area contributed by atoms with Gasteiger partial charge in [0, 0.05) is 0 Å². The van der Waals surface area contributed by atoms with E-state index in [1.807, 2.05) is 30.3 Å². The van der Waals surface area contributed by atoms with E-state index in [1.54, 1.807) is 6.07 Å². The number of nitrogens with zero attached hydrogens (tertiary/aromatic N) is 2. The van der Waals surface area contributed by atoms with Crippen LogP contribution in [-0.2, 0) is 0 Å². The molecule has 0 saturated heterocycles. The number of carboxylic acids is 2. The van der Waals surface area contributed by atoms with Crippen LogP contribution in [0.3, 0.4) is 0 Å². The minimum absolute atomic E-state index is 0.0907. The quantitative estimate of drug-likeness (QED) is 0.378. The van der Waals surface area contributed by atoms with Gasteiger partial charge in [0.2, 0.25) is 0 Å². The van der Waals surface area contributed by atoms with Crippen molar-refractivity contribution in [1.82, 2.24) is 0 Å². The second-order valence-corrected chi connectivity index (χ2v) is 6.37. The third-order valence-corrected chi connectivity index (χ3v) is 4.65. The molecule has 0 aliphatic carbocycles. The Morgan fingerprint density at radius 2 is 1.43 bits per heavy atom. The highest BCUT2D eigenvalue weighted by Crippen LogP contribution is 2.36. The zero-order valence-corrected chi connectivity index (χ0v) is 14.2. The van der Waals surface area contributed by atoms with Gasteiger partial charge < -0.3 is 20.8 Å². The second kappa shape index (κ2) is 5.65. The van der Waals surface area contributed by atoms with Crippen LogP contribution in [0, 0.1) is 0 Å². The van der Waals surface area contributed by atoms with Gasteiger partial charge in [0.25, 0.3) is 0 Å². The van der Waals surface area contributed by atoms with Gasteiger partial charge >= 0.3 is 11.9 Å². The number of para-hydroxylation sites is 2. The Bertz CT molecular complexity index is 1330. The molecule has 0 spiro atoms. The molecular weight excluding hydrogens is 360 g/mol. The zero-order valence-electron chi connectivity index (χ0n) is 14.2. The van der Waals surface area contributed by atoms with Gasteiger partial charge in [0.05, 0.1) is 44.7 Å². The summed E-state index contributed by atoms with van der Waals surface area (Å²) in [6.07, 6.45) is 0. The largest absolute Gasteiger partial charge is 0.478 e. The number of fused-ring (bicyclic) bond motifs is 4. The number of benzene rings is 3. The number of aromatic carboxylic acids is 2. The number of hydrogen-bond acceptors (Lipinski definition) is 6. The van der Waals surface area contributed by atoms with Gasteiger partial charge in [0.15, 0.2) is 0 Å². The summed E-state index contributed by atoms with van der Waals surface area (Å²) >= 11 is 0. The Labute approximate surface area is 157 Å². The molecule has 2 aliphatic heterocycles. The summed E-state index contributed by atoms with van der Waals surface area (Å²) in [4.78, 5) is 32.2. The third kappa shape index (κ3) is 2.32. The monoisotopic (exact) mass is 372 g/mol. The summed E-state index contributed by atoms with van der Waals surface area (Å²) in [5, 5.41) is 26.5. The van der Waals surface area contributed by atoms with Crippen LogP contribution >= 0.6 is 0 Å². The molecule has 136 valence electrons. The van der Waals surface area contributed by atoms with Crippen molar-refractivity contribution in [3.63, 3.8) is 0 Å². The maximum Gasteiger partial charge on any atom is 0.338 e. The normalized spacial score (nSPS) is 12.6. The van der Waals surface area contributed by atoms with E-state index < -0.39 is 11.9 Å². The summed E-state index contributed by atoms with van der Waals surface area (Å²) in [5.74, 6) is -2.66. The molecule has 2 aliphatic rings. The molecule has 0 saturated carbocycles. The van der Waals surface area contributed by atoms with Crippen molar-refractivity contribution >= 4 is 46.1 Å². The van der Waals surface area contributed by atoms with E-state index in [4.69, 9.17) is 0 Å². The molecule has 5 rings (SSSR count). The van der Waals surface area contributed by atoms with Crippen LogP contribution in [-0.4, -0.2) is 22.2 Å². The Hall–Kier alpha value is -4.20. The molecule has 0 radical (unpaired) electrons. The molecule has 0 aromatic heterocycles. The van der Waals surface area contributed by atoms with E-state index in [1.165, 1.54) is 12.1 Å². The first-order valence-corrected chi connectivity index (χ1v) is 8.39. The Morgan fingerprint density at radius 3 is 2.14 bits per heavy atom. The third-order valence-electron chi connectivity index (χ3n) is 4.65. The van der Waals surface area contributed by atoms with Crippen molar-refractivity contribution in [2.45, 2.75) is 0 Å². The van der Waals surface area contributed by atoms with Crippen LogP contribution in [0.2, 0.25) is 0 Å². The van der Waals surface area contributed by atoms with Crippen molar-refractivity contribution in [2.24, 2.45) is 9.98 Å². The molecule has 28 heavy (non-hydrogen) atoms. The lowest BCUT2D eigenvalue weighted by Crippen LogP contribution is -2.22. The standard InChI is InChI=1S/C20H12N4O4/c25-19(26)9-5-6-12-18(17(9)20(27)28)24-16-8-14-13(7-15(16)23-12)21-10-3-1-2-4-11(10)22-14/h1-8,22-23H,(H,25,26)(H,27,28). The van der Waals surface area contributed by atoms with Gasteiger partial charge in [-0.1, -0.05) is 12.1 Å². The highest BCUT2D eigenvalue weighted by atomic mass is 16.4. The molecule has 4 N–H and O–H groups in total. The van der Waals surface area contributed by atoms with Gasteiger partial charge in [-0.3, -0.25) is 0 Å². The lowest BCUT2D eigenvalue weighted by molar-refractivity contribution is 0.0652. The molecule has 0 unspecified atom stereocenters. The topological polar surface area (TPSA) is 123 Å². The highest BCUT2D eigenvalue weighted by molar-refractivity contribution is 6.08. The maximum atomic E-state index is 11.7. The molecule has 0 bridgehead atoms. The van der Waals surface area contributed by atoms with E-state index in [0.717, 1.165) is 22.4 Å². The van der Waals surface area contributed by atoms with Crippen LogP contribution in [0.1, 0.15) is 20.7 Å². The summed E-state index contributed by atoms with van der Waals surface area (Å²) < 4.78 is 0. The smallest absolute Gasteiger partial charge is 0.338 e. The second-order valence-electron chi connectivity index (χ2n) is 6.37. The van der Waals surface area contributed by atoms with Gasteiger partial charge in [-0.25, -0.2) is 19.6 Å². The molecule has 2 heterocycles. The van der Waals surface area contributed by atoms with E-state index in [2.05, 4.69) is 20.6 Å². The van der Waals surface area contributed by atoms with Crippen molar-refractivity contribution in [1.29, 1.82) is 0 Å². The summed E-state index contributed by atoms with van der Waals surface area (Å²) in [5.41, 5.74) is 2.95. The molecule has 0 fully saturated rings. The van der Waals surface area contributed by atoms with Gasteiger partial charge in [-0.05, 0) is 36.4 Å². The Morgan fingerprint density at radius 1 is 0.750 bits per heavy atom. The minimum atomic E-state index is -1.34. The molecule has 8 nitrogen and oxygen atoms in total. The van der Waals surface area contributed by atoms with Crippen LogP contribution in [0.25, 0.3) is 0 Å². The van der Waals surface area contributed by atoms with Gasteiger partial charge in [-0.15, -0.1) is 0 Å². The van der Waals surface area contributed by atoms with Crippen molar-refractivity contribution in [3.05, 3.63) is 70.4 Å². The van der Waals surface area contributed by atoms with Crippen LogP contribution < -0.4 is 21.3 Å². The predicted molar refractivity (Wildman–Crippen MR) is 101 cm³/mol. The lowest BCUT2D eigenvalue weighted by Gasteiger charge is -2.20. The van der Waals surface area contributed by atoms with Gasteiger partial charge in [-0.2, -0.15) is 0 Å². The van der Waals surface area contributed by atoms with Crippen LogP contribution in [0.5, 0.6) is 0 Å². The fourth-order valence-electron chi connectivity index (χ4n) is 3.38. The van der Waals surface area contributed by atoms with E-state index >= 15 is 0 Å². The fourth-order valence-corrected chi connectivity index (χ4v) is 3.38. The number of carbonyl (C=O) groups is 2. The summed E-state index contributed by atoms with van der Waals surface area (Å²) in [7, 11) is 0. The average molecular weight is 372 g/mol. The zero-order chi connectivity index (χ0) is 19.4. The Balaban J connectivity index is 1.75. The Kier molecular flexibility index (Phi) is 3.23. The van der Waals surface area contributed by atoms with Gasteiger partial charge in [0.1, 0.15) is 11.3 Å². The first kappa shape index (κ1) is 16.0. The molecule has 0 amide bonds. The van der Waals surface area contributed by atoms with Crippen molar-refractivity contribution < 1.29 is 19.8 Å². The fraction of sp³-hybridized carbons (Fsp3) is 0. The predicted octanol–water partition coefficient (Wildman–Crippen LogP) is 3.10. The molecule has 0 atom stereocenters. The number of carboxylic acid groups (broad SMARTS) is 2. The average Bonchev–Trinajstić information content (AvgIpc) is 2.67. The highest BCUT2D eigenvalue weighted by Gasteiger charge is 2.25. The number of hydrogen-bond donors (Lipinski definition) is 4. The SMILES string of the molecule is O=C(O)c1ccc2c(c1C(=O)O)N=c1cc3c(cc1N2)=Nc1ccccc1N3. The molecule has 3 aromatic rings. The van der Waals surface area contributed by atoms with E-state index in [9.17, 15) is 19.8 Å². The first-order valence-electron chi connectivity index (χ1n) is 8.39. The van der Waals surface area contributed by atoms with Crippen molar-refractivity contribution in [3.8, 4) is 0 Å². The maximum absolute atomic E-state index is 11.7. The van der Waals surface area contributed by atoms with Crippen LogP contribution in [0.4, 0.5) is 34.1 Å². The lowest BCUT2D eigenvalue weighted by atomic mass is 10.0. The van der Waals surface area contributed by atoms with E-state index in [0.29, 0.717) is 16.7 Å². The molecule has 8 heteroatoms. The number of anilines is 4. The minimum Gasteiger partial charge on any atom is -0.478 e. The molecule has 3 aromatic carbocycles. The van der Waals surface area contributed by atoms with E-state index in [-0.39, 0.29) is 16.8 Å². The number of rotatable bonds is 2. The number of nitrogens with one attached hydrogen (secondary N) is 2. The van der Waals surface area contributed by atoms with Crippen molar-refractivity contribution in [2.75, 3.05) is 10.6 Å². The summed E-state index contributed by atoms with van der Waals surface area (Å²) in [6, 6.07) is 14.0. The summed E-state index contributed by atoms with van der Waals surface area (Å²) in [6.45, 7) is 0. The first-order chi connectivity index (χ1) is 13.5.